The summed E-state index contributed by atoms with van der Waals surface area (Å²) in [4.78, 5) is 2.06. The molecule has 0 bridgehead atoms. The van der Waals surface area contributed by atoms with Crippen molar-refractivity contribution >= 4 is 16.6 Å². The first-order valence-corrected chi connectivity index (χ1v) is 6.22. The van der Waals surface area contributed by atoms with Crippen LogP contribution in [-0.4, -0.2) is 34.6 Å². The summed E-state index contributed by atoms with van der Waals surface area (Å²) in [5.74, 6) is 0. The average Bonchev–Trinajstić information content (AvgIpc) is 2.66. The lowest BCUT2D eigenvalue weighted by Gasteiger charge is -2.16. The number of anilines is 1. The fourth-order valence-electron chi connectivity index (χ4n) is 1.84. The highest BCUT2D eigenvalue weighted by Gasteiger charge is 2.12. The van der Waals surface area contributed by atoms with Gasteiger partial charge in [0.05, 0.1) is 11.1 Å². The van der Waals surface area contributed by atoms with Crippen molar-refractivity contribution in [2.24, 2.45) is 0 Å². The predicted octanol–water partition coefficient (Wildman–Crippen LogP) is 2.26. The zero-order valence-corrected chi connectivity index (χ0v) is 11.5. The normalized spacial score (nSPS) is 12.1. The topological polar surface area (TPSA) is 41.3 Å². The van der Waals surface area contributed by atoms with Crippen LogP contribution in [0.1, 0.15) is 20.3 Å². The molecule has 0 saturated heterocycles. The fourth-order valence-corrected chi connectivity index (χ4v) is 1.84. The third kappa shape index (κ3) is 3.01. The second-order valence-electron chi connectivity index (χ2n) is 5.59. The summed E-state index contributed by atoms with van der Waals surface area (Å²) in [5, 5.41) is 15.4. The monoisotopic (exact) mass is 247 g/mol. The minimum absolute atomic E-state index is 0.646. The molecule has 0 aliphatic rings. The molecule has 1 heterocycles. The van der Waals surface area contributed by atoms with Crippen molar-refractivity contribution in [2.45, 2.75) is 32.4 Å². The lowest BCUT2D eigenvalue weighted by Crippen LogP contribution is -2.21. The van der Waals surface area contributed by atoms with E-state index in [2.05, 4.69) is 28.2 Å². The molecule has 2 rings (SSSR count). The third-order valence-corrected chi connectivity index (χ3v) is 3.01. The molecule has 0 aliphatic carbocycles. The Morgan fingerprint density at radius 3 is 2.67 bits per heavy atom. The van der Waals surface area contributed by atoms with Gasteiger partial charge in [0.25, 0.3) is 0 Å². The van der Waals surface area contributed by atoms with Crippen LogP contribution in [-0.2, 0) is 6.54 Å². The van der Waals surface area contributed by atoms with E-state index in [0.717, 1.165) is 23.1 Å². The standard InChI is InChI=1S/C14H21N3O/c1-14(2,18)7-8-17-10-11-5-6-12(16(3)4)9-13(11)15-17/h5-6,9-10,18H,7-8H2,1-4H3. The summed E-state index contributed by atoms with van der Waals surface area (Å²) in [6.45, 7) is 4.37. The van der Waals surface area contributed by atoms with Gasteiger partial charge in [0.2, 0.25) is 0 Å². The molecule has 0 atom stereocenters. The second-order valence-corrected chi connectivity index (χ2v) is 5.59. The van der Waals surface area contributed by atoms with Crippen molar-refractivity contribution < 1.29 is 5.11 Å². The Hall–Kier alpha value is -1.55. The van der Waals surface area contributed by atoms with E-state index in [1.807, 2.05) is 38.8 Å². The molecule has 18 heavy (non-hydrogen) atoms. The molecular formula is C14H21N3O. The molecule has 0 unspecified atom stereocenters. The number of aliphatic hydroxyl groups is 1. The minimum Gasteiger partial charge on any atom is -0.390 e. The first-order chi connectivity index (χ1) is 8.35. The van der Waals surface area contributed by atoms with Crippen molar-refractivity contribution in [1.29, 1.82) is 0 Å². The molecule has 2 aromatic rings. The van der Waals surface area contributed by atoms with Crippen LogP contribution < -0.4 is 4.90 Å². The van der Waals surface area contributed by atoms with Crippen LogP contribution >= 0.6 is 0 Å². The van der Waals surface area contributed by atoms with Gasteiger partial charge >= 0.3 is 0 Å². The number of aromatic nitrogens is 2. The number of hydrogen-bond acceptors (Lipinski definition) is 3. The zero-order valence-electron chi connectivity index (χ0n) is 11.5. The number of benzene rings is 1. The molecule has 0 fully saturated rings. The van der Waals surface area contributed by atoms with Crippen LogP contribution in [0.4, 0.5) is 5.69 Å². The summed E-state index contributed by atoms with van der Waals surface area (Å²) >= 11 is 0. The highest BCUT2D eigenvalue weighted by molar-refractivity contribution is 5.81. The Bertz CT molecular complexity index is 537. The average molecular weight is 247 g/mol. The Kier molecular flexibility index (Phi) is 3.30. The van der Waals surface area contributed by atoms with Gasteiger partial charge in [0, 0.05) is 37.9 Å². The van der Waals surface area contributed by atoms with Gasteiger partial charge in [-0.3, -0.25) is 4.68 Å². The minimum atomic E-state index is -0.646. The Morgan fingerprint density at radius 2 is 2.06 bits per heavy atom. The first-order valence-electron chi connectivity index (χ1n) is 6.22. The quantitative estimate of drug-likeness (QED) is 0.901. The van der Waals surface area contributed by atoms with Crippen molar-refractivity contribution in [1.82, 2.24) is 9.78 Å². The lowest BCUT2D eigenvalue weighted by molar-refractivity contribution is 0.0651. The van der Waals surface area contributed by atoms with E-state index in [-0.39, 0.29) is 0 Å². The van der Waals surface area contributed by atoms with Crippen LogP contribution in [0.3, 0.4) is 0 Å². The summed E-state index contributed by atoms with van der Waals surface area (Å²) in [6.07, 6.45) is 2.72. The number of rotatable bonds is 4. The third-order valence-electron chi connectivity index (χ3n) is 3.01. The molecule has 98 valence electrons. The van der Waals surface area contributed by atoms with Gasteiger partial charge in [0.15, 0.2) is 0 Å². The smallest absolute Gasteiger partial charge is 0.0943 e. The molecule has 0 saturated carbocycles. The molecule has 1 aromatic heterocycles. The van der Waals surface area contributed by atoms with Crippen molar-refractivity contribution in [3.8, 4) is 0 Å². The maximum Gasteiger partial charge on any atom is 0.0943 e. The van der Waals surface area contributed by atoms with Crippen LogP contribution in [0.5, 0.6) is 0 Å². The summed E-state index contributed by atoms with van der Waals surface area (Å²) in [7, 11) is 4.04. The molecular weight excluding hydrogens is 226 g/mol. The van der Waals surface area contributed by atoms with E-state index in [1.165, 1.54) is 0 Å². The van der Waals surface area contributed by atoms with E-state index >= 15 is 0 Å². The molecule has 0 aliphatic heterocycles. The molecule has 4 heteroatoms. The van der Waals surface area contributed by atoms with Crippen LogP contribution in [0, 0.1) is 0 Å². The van der Waals surface area contributed by atoms with Gasteiger partial charge in [-0.25, -0.2) is 0 Å². The second kappa shape index (κ2) is 4.61. The number of aryl methyl sites for hydroxylation is 1. The highest BCUT2D eigenvalue weighted by Crippen LogP contribution is 2.20. The maximum absolute atomic E-state index is 9.72. The number of fused-ring (bicyclic) bond motifs is 1. The van der Waals surface area contributed by atoms with Crippen LogP contribution in [0.25, 0.3) is 10.9 Å². The van der Waals surface area contributed by atoms with Gasteiger partial charge in [0.1, 0.15) is 0 Å². The Labute approximate surface area is 108 Å². The maximum atomic E-state index is 9.72. The highest BCUT2D eigenvalue weighted by atomic mass is 16.3. The van der Waals surface area contributed by atoms with E-state index in [1.54, 1.807) is 0 Å². The molecule has 1 N–H and O–H groups in total. The van der Waals surface area contributed by atoms with E-state index in [0.29, 0.717) is 6.42 Å². The van der Waals surface area contributed by atoms with Crippen molar-refractivity contribution in [2.75, 3.05) is 19.0 Å². The van der Waals surface area contributed by atoms with Gasteiger partial charge < -0.3 is 10.0 Å². The molecule has 1 aromatic carbocycles. The molecule has 0 amide bonds. The van der Waals surface area contributed by atoms with Crippen LogP contribution in [0.15, 0.2) is 24.4 Å². The Balaban J connectivity index is 2.22. The largest absolute Gasteiger partial charge is 0.390 e. The van der Waals surface area contributed by atoms with Gasteiger partial charge in [-0.2, -0.15) is 5.10 Å². The predicted molar refractivity (Wildman–Crippen MR) is 75.0 cm³/mol. The van der Waals surface area contributed by atoms with Gasteiger partial charge in [-0.15, -0.1) is 0 Å². The lowest BCUT2D eigenvalue weighted by atomic mass is 10.1. The van der Waals surface area contributed by atoms with E-state index in [4.69, 9.17) is 0 Å². The SMILES string of the molecule is CN(C)c1ccc2cn(CCC(C)(C)O)nc2c1. The summed E-state index contributed by atoms with van der Waals surface area (Å²) in [6, 6.07) is 6.25. The van der Waals surface area contributed by atoms with Crippen LogP contribution in [0.2, 0.25) is 0 Å². The van der Waals surface area contributed by atoms with E-state index in [9.17, 15) is 5.11 Å². The zero-order chi connectivity index (χ0) is 13.3. The number of hydrogen-bond donors (Lipinski definition) is 1. The summed E-state index contributed by atoms with van der Waals surface area (Å²) in [5.41, 5.74) is 1.50. The van der Waals surface area contributed by atoms with Crippen molar-refractivity contribution in [3.63, 3.8) is 0 Å². The Morgan fingerprint density at radius 1 is 1.33 bits per heavy atom. The molecule has 4 nitrogen and oxygen atoms in total. The van der Waals surface area contributed by atoms with Gasteiger partial charge in [-0.1, -0.05) is 0 Å². The molecule has 0 radical (unpaired) electrons. The molecule has 0 spiro atoms. The van der Waals surface area contributed by atoms with E-state index < -0.39 is 5.60 Å². The van der Waals surface area contributed by atoms with Crippen molar-refractivity contribution in [3.05, 3.63) is 24.4 Å². The first kappa shape index (κ1) is 12.9. The number of nitrogens with zero attached hydrogens (tertiary/aromatic N) is 3. The fraction of sp³-hybridized carbons (Fsp3) is 0.500. The van der Waals surface area contributed by atoms with Gasteiger partial charge in [-0.05, 0) is 38.5 Å². The summed E-state index contributed by atoms with van der Waals surface area (Å²) < 4.78 is 1.90.